The molecule has 43 heavy (non-hydrogen) atoms. The highest BCUT2D eigenvalue weighted by Crippen LogP contribution is 2.39. The summed E-state index contributed by atoms with van der Waals surface area (Å²) >= 11 is 0. The van der Waals surface area contributed by atoms with Crippen LogP contribution in [0, 0.1) is 36.5 Å². The first kappa shape index (κ1) is 30.9. The summed E-state index contributed by atoms with van der Waals surface area (Å²) < 4.78 is 24.2. The van der Waals surface area contributed by atoms with Crippen LogP contribution in [0.25, 0.3) is 0 Å². The molecule has 0 N–H and O–H groups in total. The average molecular weight is 582 g/mol. The molecule has 3 aromatic carbocycles. The van der Waals surface area contributed by atoms with Gasteiger partial charge in [0, 0.05) is 0 Å². The summed E-state index contributed by atoms with van der Waals surface area (Å²) in [5.74, 6) is -1.26. The molecule has 0 aliphatic carbocycles. The van der Waals surface area contributed by atoms with Gasteiger partial charge in [-0.3, -0.25) is 0 Å². The van der Waals surface area contributed by atoms with Gasteiger partial charge in [-0.25, -0.2) is 9.59 Å². The van der Waals surface area contributed by atoms with E-state index in [1.807, 2.05) is 50.2 Å². The zero-order chi connectivity index (χ0) is 30.8. The standard InChI is InChI=1S/C33H31N3O7/c1-22-9-13-25(14-10-22)31(37)39-21-28-30(43-32(38)26-15-11-23(2)12-16-26)33(3,40-20-24-7-5-4-6-8-24)29(42-28)27(19-35)36-41-18-17-34/h4-16,28-30H,18,20-21H2,1-3H3/b36-27+/t28?,29-,30+,33-/m0/s1. The molecule has 10 nitrogen and oxygen atoms in total. The van der Waals surface area contributed by atoms with Crippen LogP contribution in [-0.4, -0.2) is 54.8 Å². The van der Waals surface area contributed by atoms with Crippen LogP contribution < -0.4 is 0 Å². The quantitative estimate of drug-likeness (QED) is 0.134. The molecule has 1 fully saturated rings. The Morgan fingerprint density at radius 1 is 0.907 bits per heavy atom. The third kappa shape index (κ3) is 7.63. The summed E-state index contributed by atoms with van der Waals surface area (Å²) in [6, 6.07) is 26.7. The molecule has 3 aromatic rings. The maximum atomic E-state index is 13.4. The molecule has 1 saturated heterocycles. The number of benzene rings is 3. The first-order valence-electron chi connectivity index (χ1n) is 13.6. The number of hydrogen-bond donors (Lipinski definition) is 0. The minimum atomic E-state index is -1.50. The van der Waals surface area contributed by atoms with Crippen LogP contribution in [0.5, 0.6) is 0 Å². The van der Waals surface area contributed by atoms with Gasteiger partial charge in [0.1, 0.15) is 36.6 Å². The molecule has 1 heterocycles. The number of hydrogen-bond acceptors (Lipinski definition) is 10. The molecule has 0 aromatic heterocycles. The van der Waals surface area contributed by atoms with E-state index in [9.17, 15) is 14.9 Å². The Morgan fingerprint density at radius 2 is 1.51 bits per heavy atom. The van der Waals surface area contributed by atoms with E-state index in [4.69, 9.17) is 29.0 Å². The van der Waals surface area contributed by atoms with E-state index in [-0.39, 0.29) is 18.9 Å². The molecule has 0 amide bonds. The Bertz CT molecular complexity index is 1530. The molecule has 4 rings (SSSR count). The lowest BCUT2D eigenvalue weighted by atomic mass is 9.89. The Labute approximate surface area is 250 Å². The largest absolute Gasteiger partial charge is 0.459 e. The molecule has 10 heteroatoms. The van der Waals surface area contributed by atoms with Crippen LogP contribution in [0.4, 0.5) is 0 Å². The van der Waals surface area contributed by atoms with Crippen molar-refractivity contribution in [2.45, 2.75) is 51.3 Å². The Balaban J connectivity index is 1.69. The van der Waals surface area contributed by atoms with Crippen molar-refractivity contribution < 1.29 is 33.4 Å². The lowest BCUT2D eigenvalue weighted by Crippen LogP contribution is -2.52. The predicted octanol–water partition coefficient (Wildman–Crippen LogP) is 4.85. The Kier molecular flexibility index (Phi) is 10.2. The highest BCUT2D eigenvalue weighted by molar-refractivity contribution is 6.03. The molecule has 0 spiro atoms. The van der Waals surface area contributed by atoms with Gasteiger partial charge in [0.05, 0.1) is 17.7 Å². The van der Waals surface area contributed by atoms with Gasteiger partial charge in [-0.15, -0.1) is 0 Å². The van der Waals surface area contributed by atoms with Crippen molar-refractivity contribution in [3.63, 3.8) is 0 Å². The summed E-state index contributed by atoms with van der Waals surface area (Å²) in [5.41, 5.74) is 1.65. The normalized spacial score (nSPS) is 21.3. The number of carbonyl (C=O) groups excluding carboxylic acids is 2. The number of rotatable bonds is 11. The summed E-state index contributed by atoms with van der Waals surface area (Å²) in [7, 11) is 0. The lowest BCUT2D eigenvalue weighted by Gasteiger charge is -2.34. The van der Waals surface area contributed by atoms with Crippen molar-refractivity contribution in [3.05, 3.63) is 107 Å². The van der Waals surface area contributed by atoms with Crippen molar-refractivity contribution in [1.82, 2.24) is 0 Å². The van der Waals surface area contributed by atoms with Crippen molar-refractivity contribution in [2.75, 3.05) is 13.2 Å². The van der Waals surface area contributed by atoms with E-state index in [1.54, 1.807) is 61.5 Å². The number of esters is 2. The van der Waals surface area contributed by atoms with Crippen molar-refractivity contribution in [2.24, 2.45) is 5.16 Å². The van der Waals surface area contributed by atoms with Crippen LogP contribution in [0.3, 0.4) is 0 Å². The third-order valence-electron chi connectivity index (χ3n) is 6.97. The summed E-state index contributed by atoms with van der Waals surface area (Å²) in [4.78, 5) is 31.2. The highest BCUT2D eigenvalue weighted by atomic mass is 16.7. The van der Waals surface area contributed by atoms with Crippen LogP contribution in [0.2, 0.25) is 0 Å². The van der Waals surface area contributed by atoms with Gasteiger partial charge < -0.3 is 23.8 Å². The van der Waals surface area contributed by atoms with Crippen LogP contribution in [0.1, 0.15) is 44.3 Å². The monoisotopic (exact) mass is 581 g/mol. The maximum Gasteiger partial charge on any atom is 0.338 e. The number of aryl methyl sites for hydroxylation is 2. The molecule has 220 valence electrons. The zero-order valence-corrected chi connectivity index (χ0v) is 24.1. The highest BCUT2D eigenvalue weighted by Gasteiger charge is 2.59. The minimum Gasteiger partial charge on any atom is -0.459 e. The number of nitrogens with zero attached hydrogens (tertiary/aromatic N) is 3. The van der Waals surface area contributed by atoms with Crippen molar-refractivity contribution in [1.29, 1.82) is 10.5 Å². The lowest BCUT2D eigenvalue weighted by molar-refractivity contribution is -0.115. The third-order valence-corrected chi connectivity index (χ3v) is 6.97. The number of oxime groups is 1. The first-order valence-corrected chi connectivity index (χ1v) is 13.6. The Morgan fingerprint density at radius 3 is 2.09 bits per heavy atom. The molecule has 1 unspecified atom stereocenters. The van der Waals surface area contributed by atoms with Gasteiger partial charge >= 0.3 is 11.9 Å². The molecule has 0 bridgehead atoms. The Hall–Kier alpha value is -5.03. The molecule has 4 atom stereocenters. The SMILES string of the molecule is Cc1ccc(C(=O)OCC2O[C@@H](/C(C#N)=N/OCC#N)[C@](C)(OCc3ccccc3)[C@@H]2OC(=O)c2ccc(C)cc2)cc1. The summed E-state index contributed by atoms with van der Waals surface area (Å²) in [6.45, 7) is 4.78. The van der Waals surface area contributed by atoms with E-state index in [0.29, 0.717) is 11.1 Å². The van der Waals surface area contributed by atoms with E-state index >= 15 is 0 Å². The molecule has 0 saturated carbocycles. The van der Waals surface area contributed by atoms with Crippen LogP contribution in [0.15, 0.2) is 84.0 Å². The average Bonchev–Trinajstić information content (AvgIpc) is 3.29. The van der Waals surface area contributed by atoms with Gasteiger partial charge in [-0.2, -0.15) is 10.5 Å². The molecule has 0 radical (unpaired) electrons. The molecular weight excluding hydrogens is 550 g/mol. The van der Waals surface area contributed by atoms with E-state index in [0.717, 1.165) is 16.7 Å². The van der Waals surface area contributed by atoms with Crippen LogP contribution in [-0.2, 0) is 30.4 Å². The molecule has 1 aliphatic rings. The smallest absolute Gasteiger partial charge is 0.338 e. The predicted molar refractivity (Wildman–Crippen MR) is 155 cm³/mol. The second-order valence-corrected chi connectivity index (χ2v) is 10.2. The van der Waals surface area contributed by atoms with E-state index in [1.165, 1.54) is 0 Å². The van der Waals surface area contributed by atoms with Gasteiger partial charge in [-0.1, -0.05) is 70.9 Å². The summed E-state index contributed by atoms with van der Waals surface area (Å²) in [6.07, 6.45) is -3.42. The number of ether oxygens (including phenoxy) is 4. The fourth-order valence-electron chi connectivity index (χ4n) is 4.59. The number of carbonyl (C=O) groups is 2. The second-order valence-electron chi connectivity index (χ2n) is 10.2. The van der Waals surface area contributed by atoms with Crippen molar-refractivity contribution >= 4 is 17.7 Å². The van der Waals surface area contributed by atoms with Gasteiger partial charge in [0.15, 0.2) is 11.8 Å². The van der Waals surface area contributed by atoms with Gasteiger partial charge in [-0.05, 0) is 50.6 Å². The van der Waals surface area contributed by atoms with E-state index < -0.39 is 42.5 Å². The van der Waals surface area contributed by atoms with Crippen LogP contribution >= 0.6 is 0 Å². The maximum absolute atomic E-state index is 13.4. The summed E-state index contributed by atoms with van der Waals surface area (Å²) in [5, 5.41) is 22.7. The fourth-order valence-corrected chi connectivity index (χ4v) is 4.59. The second kappa shape index (κ2) is 14.2. The van der Waals surface area contributed by atoms with Gasteiger partial charge in [0.2, 0.25) is 6.61 Å². The number of nitriles is 2. The van der Waals surface area contributed by atoms with Crippen molar-refractivity contribution in [3.8, 4) is 12.1 Å². The zero-order valence-electron chi connectivity index (χ0n) is 24.1. The molecule has 1 aliphatic heterocycles. The first-order chi connectivity index (χ1) is 20.7. The minimum absolute atomic E-state index is 0.0728. The molecular formula is C33H31N3O7. The van der Waals surface area contributed by atoms with E-state index in [2.05, 4.69) is 5.16 Å². The fraction of sp³-hybridized carbons (Fsp3) is 0.303. The topological polar surface area (TPSA) is 140 Å². The van der Waals surface area contributed by atoms with Gasteiger partial charge in [0.25, 0.3) is 0 Å².